The molecule has 0 aliphatic carbocycles. The molecule has 0 radical (unpaired) electrons. The van der Waals surface area contributed by atoms with Gasteiger partial charge in [-0.15, -0.1) is 0 Å². The minimum Gasteiger partial charge on any atom is -0.261 e. The molecule has 0 saturated carbocycles. The van der Waals surface area contributed by atoms with E-state index >= 15 is 0 Å². The second-order valence-corrected chi connectivity index (χ2v) is 17.1. The molecule has 0 N–H and O–H groups in total. The molecular weight excluding hydrogens is 897 g/mol. The Morgan fingerprint density at radius 2 is 0.740 bits per heavy atom. The van der Waals surface area contributed by atoms with Crippen LogP contribution in [0.25, 0.3) is 78.4 Å². The Bertz CT molecular complexity index is 3250. The van der Waals surface area contributed by atoms with Gasteiger partial charge in [-0.1, -0.05) is 179 Å². The third-order valence-electron chi connectivity index (χ3n) is 11.3. The van der Waals surface area contributed by atoms with Gasteiger partial charge in [0.1, 0.15) is 6.33 Å². The summed E-state index contributed by atoms with van der Waals surface area (Å²) >= 11 is 0. The number of nitrogens with zero attached hydrogens (tertiary/aromatic N) is 10. The third kappa shape index (κ3) is 14.7. The monoisotopic (exact) mass is 950 g/mol. The smallest absolute Gasteiger partial charge is 0.159 e. The lowest BCUT2D eigenvalue weighted by atomic mass is 10.1. The summed E-state index contributed by atoms with van der Waals surface area (Å²) in [6, 6.07) is 59.1. The quantitative estimate of drug-likeness (QED) is 0.164. The highest BCUT2D eigenvalue weighted by atomic mass is 14.9. The molecule has 0 spiro atoms. The lowest BCUT2D eigenvalue weighted by Gasteiger charge is -2.02. The van der Waals surface area contributed by atoms with E-state index in [9.17, 15) is 0 Å². The molecule has 10 heteroatoms. The second kappa shape index (κ2) is 25.4. The average Bonchev–Trinajstić information content (AvgIpc) is 3.45. The van der Waals surface area contributed by atoms with Crippen LogP contribution in [0.15, 0.2) is 238 Å². The van der Waals surface area contributed by atoms with Crippen molar-refractivity contribution in [1.82, 2.24) is 49.8 Å². The first-order valence-electron chi connectivity index (χ1n) is 23.8. The number of benzene rings is 7. The van der Waals surface area contributed by atoms with Crippen molar-refractivity contribution in [3.8, 4) is 56.4 Å². The van der Waals surface area contributed by atoms with Crippen LogP contribution in [0.1, 0.15) is 27.8 Å². The molecule has 73 heavy (non-hydrogen) atoms. The SMILES string of the molecule is Cc1ccc(-c2cnc3ccccc3n2)cc1.Cc1ccc(-c2cnccn2)cc1.Cc1ccc(-c2cncnc2)cc1.Cc1ccc(-c2ncc3ccccc3n2)cc1.Cc1ccc(-c2ncccn2)cc1. The lowest BCUT2D eigenvalue weighted by Crippen LogP contribution is -1.89. The van der Waals surface area contributed by atoms with Crippen molar-refractivity contribution < 1.29 is 0 Å². The van der Waals surface area contributed by atoms with E-state index in [-0.39, 0.29) is 0 Å². The Kier molecular flexibility index (Phi) is 17.3. The van der Waals surface area contributed by atoms with E-state index in [0.717, 1.165) is 78.4 Å². The summed E-state index contributed by atoms with van der Waals surface area (Å²) in [7, 11) is 0. The fourth-order valence-corrected chi connectivity index (χ4v) is 7.15. The highest BCUT2D eigenvalue weighted by Gasteiger charge is 2.04. The van der Waals surface area contributed by atoms with Crippen LogP contribution in [0.3, 0.4) is 0 Å². The fraction of sp³-hybridized carbons (Fsp3) is 0.0794. The molecule has 0 atom stereocenters. The van der Waals surface area contributed by atoms with Gasteiger partial charge < -0.3 is 0 Å². The maximum Gasteiger partial charge on any atom is 0.159 e. The van der Waals surface area contributed by atoms with Crippen molar-refractivity contribution in [2.45, 2.75) is 34.6 Å². The van der Waals surface area contributed by atoms with Crippen molar-refractivity contribution in [3.63, 3.8) is 0 Å². The van der Waals surface area contributed by atoms with E-state index in [1.54, 1.807) is 31.0 Å². The number of hydrogen-bond donors (Lipinski definition) is 0. The van der Waals surface area contributed by atoms with Gasteiger partial charge in [0.15, 0.2) is 11.6 Å². The van der Waals surface area contributed by atoms with Crippen LogP contribution in [-0.4, -0.2) is 49.8 Å². The van der Waals surface area contributed by atoms with Gasteiger partial charge in [-0.05, 0) is 64.4 Å². The largest absolute Gasteiger partial charge is 0.261 e. The maximum absolute atomic E-state index is 4.61. The molecule has 12 rings (SSSR count). The van der Waals surface area contributed by atoms with Crippen LogP contribution >= 0.6 is 0 Å². The highest BCUT2D eigenvalue weighted by Crippen LogP contribution is 2.22. The van der Waals surface area contributed by atoms with Gasteiger partial charge in [0.05, 0.1) is 40.3 Å². The lowest BCUT2D eigenvalue weighted by molar-refractivity contribution is 1.17. The van der Waals surface area contributed by atoms with E-state index < -0.39 is 0 Å². The molecule has 356 valence electrons. The number of rotatable bonds is 5. The minimum absolute atomic E-state index is 0.780. The van der Waals surface area contributed by atoms with Gasteiger partial charge in [0.2, 0.25) is 0 Å². The fourth-order valence-electron chi connectivity index (χ4n) is 7.15. The molecular formula is C63H54N10. The molecule has 0 amide bonds. The molecule has 0 bridgehead atoms. The van der Waals surface area contributed by atoms with Crippen LogP contribution in [-0.2, 0) is 0 Å². The second-order valence-electron chi connectivity index (χ2n) is 17.1. The Morgan fingerprint density at radius 1 is 0.260 bits per heavy atom. The Labute approximate surface area is 426 Å². The molecule has 5 aromatic heterocycles. The number of hydrogen-bond acceptors (Lipinski definition) is 10. The van der Waals surface area contributed by atoms with E-state index in [4.69, 9.17) is 0 Å². The first-order valence-corrected chi connectivity index (χ1v) is 23.8. The topological polar surface area (TPSA) is 129 Å². The zero-order chi connectivity index (χ0) is 50.6. The van der Waals surface area contributed by atoms with Gasteiger partial charge in [-0.2, -0.15) is 0 Å². The van der Waals surface area contributed by atoms with Gasteiger partial charge >= 0.3 is 0 Å². The molecule has 0 aliphatic heterocycles. The van der Waals surface area contributed by atoms with Crippen molar-refractivity contribution in [2.75, 3.05) is 0 Å². The maximum atomic E-state index is 4.61. The van der Waals surface area contributed by atoms with Crippen LogP contribution in [0.5, 0.6) is 0 Å². The molecule has 0 fully saturated rings. The van der Waals surface area contributed by atoms with Crippen molar-refractivity contribution in [2.24, 2.45) is 0 Å². The zero-order valence-electron chi connectivity index (χ0n) is 41.5. The standard InChI is InChI=1S/2C15H12N2.3C11H10N2/c1-11-6-8-12(9-7-11)15-10-16-13-4-2-3-5-14(13)17-15;1-11-6-8-12(9-7-11)15-16-10-13-4-2-3-5-14(13)17-15;1-9-3-5-10(6-4-9)11-12-7-2-8-13-11;1-9-2-4-10(5-3-9)11-6-12-8-13-7-11;1-9-2-4-10(5-3-9)11-8-12-6-7-13-11/h2*2-10H,1H3;3*2-8H,1H3. The summed E-state index contributed by atoms with van der Waals surface area (Å²) < 4.78 is 0. The highest BCUT2D eigenvalue weighted by molar-refractivity contribution is 5.79. The molecule has 0 unspecified atom stereocenters. The zero-order valence-corrected chi connectivity index (χ0v) is 41.5. The van der Waals surface area contributed by atoms with E-state index in [1.807, 2.05) is 91.5 Å². The predicted molar refractivity (Wildman–Crippen MR) is 296 cm³/mol. The van der Waals surface area contributed by atoms with E-state index in [2.05, 4.69) is 194 Å². The third-order valence-corrected chi connectivity index (χ3v) is 11.3. The molecule has 5 heterocycles. The van der Waals surface area contributed by atoms with Crippen molar-refractivity contribution in [3.05, 3.63) is 266 Å². The summed E-state index contributed by atoms with van der Waals surface area (Å²) in [4.78, 5) is 42.5. The van der Waals surface area contributed by atoms with E-state index in [0.29, 0.717) is 0 Å². The van der Waals surface area contributed by atoms with Crippen LogP contribution in [0.4, 0.5) is 0 Å². The van der Waals surface area contributed by atoms with Gasteiger partial charge in [0.25, 0.3) is 0 Å². The minimum atomic E-state index is 0.780. The Balaban J connectivity index is 0.000000123. The molecule has 7 aromatic carbocycles. The summed E-state index contributed by atoms with van der Waals surface area (Å²) in [5.74, 6) is 1.56. The average molecular weight is 951 g/mol. The summed E-state index contributed by atoms with van der Waals surface area (Å²) in [5, 5.41) is 1.07. The number of fused-ring (bicyclic) bond motifs is 2. The molecule has 12 aromatic rings. The van der Waals surface area contributed by atoms with Gasteiger partial charge in [-0.3, -0.25) is 15.0 Å². The molecule has 0 aliphatic rings. The summed E-state index contributed by atoms with van der Waals surface area (Å²) in [6.07, 6.45) is 17.5. The Hall–Kier alpha value is -9.54. The first-order chi connectivity index (χ1) is 35.7. The predicted octanol–water partition coefficient (Wildman–Crippen LogP) is 14.6. The number of aromatic nitrogens is 10. The normalized spacial score (nSPS) is 10.3. The van der Waals surface area contributed by atoms with Crippen LogP contribution < -0.4 is 0 Å². The van der Waals surface area contributed by atoms with Crippen LogP contribution in [0, 0.1) is 34.6 Å². The molecule has 10 nitrogen and oxygen atoms in total. The number of para-hydroxylation sites is 3. The van der Waals surface area contributed by atoms with E-state index in [1.165, 1.54) is 34.1 Å². The van der Waals surface area contributed by atoms with Gasteiger partial charge in [-0.25, -0.2) is 34.9 Å². The van der Waals surface area contributed by atoms with Gasteiger partial charge in [0, 0.05) is 76.6 Å². The first kappa shape index (κ1) is 49.9. The number of aryl methyl sites for hydroxylation is 5. The Morgan fingerprint density at radius 3 is 1.29 bits per heavy atom. The van der Waals surface area contributed by atoms with Crippen LogP contribution in [0.2, 0.25) is 0 Å². The van der Waals surface area contributed by atoms with Crippen molar-refractivity contribution >= 4 is 21.9 Å². The summed E-state index contributed by atoms with van der Waals surface area (Å²) in [5.41, 5.74) is 17.5. The van der Waals surface area contributed by atoms with Crippen molar-refractivity contribution in [1.29, 1.82) is 0 Å². The summed E-state index contributed by atoms with van der Waals surface area (Å²) in [6.45, 7) is 10.4. The molecule has 0 saturated heterocycles.